The van der Waals surface area contributed by atoms with Crippen molar-refractivity contribution in [2.24, 2.45) is 9.98 Å². The highest BCUT2D eigenvalue weighted by molar-refractivity contribution is 9.10. The summed E-state index contributed by atoms with van der Waals surface area (Å²) < 4.78 is 5.94. The molecule has 0 unspecified atom stereocenters. The maximum Gasteiger partial charge on any atom is 0.454 e. The molecule has 8 aliphatic rings. The van der Waals surface area contributed by atoms with E-state index in [9.17, 15) is 19.2 Å². The Morgan fingerprint density at radius 2 is 1.11 bits per heavy atom. The molecule has 0 atom stereocenters. The molecule has 2 saturated carbocycles. The van der Waals surface area contributed by atoms with Crippen molar-refractivity contribution in [3.63, 3.8) is 0 Å². The summed E-state index contributed by atoms with van der Waals surface area (Å²) >= 11 is 7.15. The fourth-order valence-electron chi connectivity index (χ4n) is 10.5. The fourth-order valence-corrected chi connectivity index (χ4v) is 11.6. The molecule has 0 bridgehead atoms. The van der Waals surface area contributed by atoms with Gasteiger partial charge in [-0.15, -0.1) is 0 Å². The van der Waals surface area contributed by atoms with Gasteiger partial charge in [-0.05, 0) is 97.5 Å². The summed E-state index contributed by atoms with van der Waals surface area (Å²) in [7, 11) is -1.04. The molecule has 21 heteroatoms. The van der Waals surface area contributed by atoms with E-state index in [1.54, 1.807) is 23.9 Å². The molecular weight excluding hydrogens is 1160 g/mol. The Labute approximate surface area is 488 Å². The zero-order chi connectivity index (χ0) is 56.7. The van der Waals surface area contributed by atoms with Gasteiger partial charge in [0.1, 0.15) is 37.4 Å². The molecule has 6 aromatic rings. The van der Waals surface area contributed by atoms with Crippen molar-refractivity contribution in [1.29, 1.82) is 0 Å². The number of rotatable bonds is 5. The third kappa shape index (κ3) is 13.2. The highest BCUT2D eigenvalue weighted by Gasteiger charge is 2.35. The Balaban J connectivity index is 0.000000124. The number of benzene rings is 3. The van der Waals surface area contributed by atoms with Gasteiger partial charge in [0.05, 0.1) is 41.4 Å². The Morgan fingerprint density at radius 3 is 1.54 bits per heavy atom. The molecule has 4 amide bonds. The molecule has 0 spiro atoms. The van der Waals surface area contributed by atoms with Gasteiger partial charge in [0.2, 0.25) is 23.6 Å². The van der Waals surface area contributed by atoms with Crippen molar-refractivity contribution in [2.75, 3.05) is 39.3 Å². The molecule has 0 saturated heterocycles. The zero-order valence-electron chi connectivity index (χ0n) is 45.7. The van der Waals surface area contributed by atoms with Crippen molar-refractivity contribution in [3.05, 3.63) is 175 Å². The Bertz CT molecular complexity index is 3500. The molecule has 418 valence electrons. The summed E-state index contributed by atoms with van der Waals surface area (Å²) in [6, 6.07) is 18.5. The number of aliphatic imine (C=N–C) groups is 2. The summed E-state index contributed by atoms with van der Waals surface area (Å²) in [6.45, 7) is 8.72. The molecule has 6 aliphatic heterocycles. The molecule has 4 N–H and O–H groups in total. The van der Waals surface area contributed by atoms with E-state index in [2.05, 4.69) is 118 Å². The lowest BCUT2D eigenvalue weighted by Gasteiger charge is -2.32. The van der Waals surface area contributed by atoms with Crippen LogP contribution in [0.3, 0.4) is 0 Å². The van der Waals surface area contributed by atoms with E-state index in [0.29, 0.717) is 24.7 Å². The van der Waals surface area contributed by atoms with E-state index < -0.39 is 7.12 Å². The Kier molecular flexibility index (Phi) is 18.0. The van der Waals surface area contributed by atoms with Crippen molar-refractivity contribution in [1.82, 2.24) is 49.1 Å². The number of carbonyl (C=O) groups excluding carboxylic acids is 4. The van der Waals surface area contributed by atoms with E-state index in [0.717, 1.165) is 118 Å². The second-order valence-electron chi connectivity index (χ2n) is 20.7. The maximum absolute atomic E-state index is 12.7. The average molecular weight is 1220 g/mol. The lowest BCUT2D eigenvalue weighted by atomic mass is 9.84. The number of allylic oxidation sites excluding steroid dienone is 2. The number of hydrogen-bond acceptors (Lipinski definition) is 11. The topological polar surface area (TPSA) is 220 Å². The van der Waals surface area contributed by atoms with Crippen LogP contribution in [0.5, 0.6) is 0 Å². The molecule has 14 rings (SSSR count). The van der Waals surface area contributed by atoms with Crippen LogP contribution in [-0.2, 0) is 57.7 Å². The number of halogens is 2. The number of amides is 4. The number of imidazole rings is 3. The highest BCUT2D eigenvalue weighted by atomic mass is 79.9. The van der Waals surface area contributed by atoms with E-state index in [1.807, 2.05) is 73.9 Å². The summed E-state index contributed by atoms with van der Waals surface area (Å²) in [6.07, 6.45) is 26.6. The SMILES string of the molecule is CCc1cn(C2=NCC(=O)N3CCc4c(Br)cccc4C3=C2)cn1.CCc1cn(C2=NCC(=O)N3CCc4c(cccc4C4CC4)C3=C2)cn1.CCc1cnc[nH]1.O=C1C=C2c3cccc(Br)c3CCN2C(=O)CN1.OB(O)C1CC1. The quantitative estimate of drug-likeness (QED) is 0.124. The second-order valence-corrected chi connectivity index (χ2v) is 22.4. The van der Waals surface area contributed by atoms with Crippen LogP contribution < -0.4 is 5.32 Å². The minimum Gasteiger partial charge on any atom is -0.427 e. The molecular formula is C60H65BBr2N12O6. The molecule has 2 aliphatic carbocycles. The van der Waals surface area contributed by atoms with Gasteiger partial charge in [-0.2, -0.15) is 0 Å². The number of aromatic nitrogens is 6. The van der Waals surface area contributed by atoms with Gasteiger partial charge in [-0.3, -0.25) is 38.3 Å². The van der Waals surface area contributed by atoms with Crippen LogP contribution >= 0.6 is 31.9 Å². The minimum absolute atomic E-state index is 0.0395. The first-order valence-corrected chi connectivity index (χ1v) is 29.4. The summed E-state index contributed by atoms with van der Waals surface area (Å²) in [5.74, 6) is 2.31. The molecule has 9 heterocycles. The van der Waals surface area contributed by atoms with Crippen LogP contribution in [0.2, 0.25) is 5.82 Å². The van der Waals surface area contributed by atoms with Gasteiger partial charge in [0, 0.05) is 87.8 Å². The Morgan fingerprint density at radius 1 is 0.617 bits per heavy atom. The van der Waals surface area contributed by atoms with Gasteiger partial charge in [0.15, 0.2) is 0 Å². The van der Waals surface area contributed by atoms with Gasteiger partial charge >= 0.3 is 7.12 Å². The third-order valence-corrected chi connectivity index (χ3v) is 16.8. The van der Waals surface area contributed by atoms with Crippen LogP contribution in [0.4, 0.5) is 0 Å². The van der Waals surface area contributed by atoms with Crippen LogP contribution in [0.15, 0.2) is 129 Å². The van der Waals surface area contributed by atoms with Gasteiger partial charge in [0.25, 0.3) is 0 Å². The fraction of sp³-hybridized carbons (Fsp3) is 0.350. The van der Waals surface area contributed by atoms with Gasteiger partial charge in [-0.1, -0.05) is 108 Å². The third-order valence-electron chi connectivity index (χ3n) is 15.3. The number of nitrogens with zero attached hydrogens (tertiary/aromatic N) is 10. The highest BCUT2D eigenvalue weighted by Crippen LogP contribution is 2.45. The first kappa shape index (κ1) is 56.9. The normalized spacial score (nSPS) is 17.7. The summed E-state index contributed by atoms with van der Waals surface area (Å²) in [5, 5.41) is 19.1. The van der Waals surface area contributed by atoms with Crippen LogP contribution in [0.1, 0.15) is 108 Å². The van der Waals surface area contributed by atoms with Crippen LogP contribution in [0, 0.1) is 0 Å². The number of aromatic amines is 1. The molecule has 3 aromatic carbocycles. The largest absolute Gasteiger partial charge is 0.454 e. The predicted octanol–water partition coefficient (Wildman–Crippen LogP) is 7.80. The lowest BCUT2D eigenvalue weighted by molar-refractivity contribution is -0.128. The predicted molar refractivity (Wildman–Crippen MR) is 320 cm³/mol. The number of nitrogens with one attached hydrogen (secondary N) is 2. The number of fused-ring (bicyclic) bond motifs is 9. The van der Waals surface area contributed by atoms with Crippen LogP contribution in [0.25, 0.3) is 17.1 Å². The molecule has 2 fully saturated rings. The second kappa shape index (κ2) is 25.6. The number of carbonyl (C=O) groups is 4. The minimum atomic E-state index is -1.04. The van der Waals surface area contributed by atoms with Gasteiger partial charge < -0.3 is 35.0 Å². The monoisotopic (exact) mass is 1220 g/mol. The lowest BCUT2D eigenvalue weighted by Crippen LogP contribution is -2.38. The number of hydrogen-bond donors (Lipinski definition) is 4. The van der Waals surface area contributed by atoms with Crippen molar-refractivity contribution in [3.8, 4) is 0 Å². The average Bonchev–Trinajstić information content (AvgIpc) is 4.53. The van der Waals surface area contributed by atoms with Crippen molar-refractivity contribution < 1.29 is 29.2 Å². The summed E-state index contributed by atoms with van der Waals surface area (Å²) in [4.78, 5) is 78.9. The number of H-pyrrole nitrogens is 1. The zero-order valence-corrected chi connectivity index (χ0v) is 48.9. The van der Waals surface area contributed by atoms with E-state index in [4.69, 9.17) is 10.0 Å². The first-order chi connectivity index (χ1) is 39.3. The smallest absolute Gasteiger partial charge is 0.427 e. The van der Waals surface area contributed by atoms with Crippen molar-refractivity contribution in [2.45, 2.75) is 96.7 Å². The molecule has 0 radical (unpaired) electrons. The summed E-state index contributed by atoms with van der Waals surface area (Å²) in [5.41, 5.74) is 14.4. The van der Waals surface area contributed by atoms with Crippen LogP contribution in [-0.4, -0.2) is 136 Å². The molecule has 3 aromatic heterocycles. The Hall–Kier alpha value is -7.33. The van der Waals surface area contributed by atoms with E-state index in [1.165, 1.54) is 46.9 Å². The maximum atomic E-state index is 12.7. The molecule has 81 heavy (non-hydrogen) atoms. The van der Waals surface area contributed by atoms with Gasteiger partial charge in [-0.25, -0.2) is 15.0 Å². The van der Waals surface area contributed by atoms with Crippen molar-refractivity contribution >= 4 is 91.4 Å². The first-order valence-electron chi connectivity index (χ1n) is 27.8. The molecule has 18 nitrogen and oxygen atoms in total. The van der Waals surface area contributed by atoms with E-state index in [-0.39, 0.29) is 49.1 Å². The number of aryl methyl sites for hydroxylation is 3. The standard InChI is InChI=1S/C21H22N4O.C18H17BrN4O.C13H11BrN2O2.C5H8N2.C3H7BO2/c1-2-15-12-24(13-23-15)20-10-19-18-5-3-4-16(14-6-7-14)17(18)8-9-25(19)21(26)11-22-20;1-2-12-10-22(11-21-12)17-8-16-14-4-3-5-15(19)13(14)6-7-23(16)18(24)9-20-17;14-10-3-1-2-9-8(10)4-5-16-11(9)6-12(17)15-7-13(16)18;1-2-5-3-6-4-7-5;5-4(6)3-1-2-3/h3-5,10,12-14H,2,6-9,11H2,1H3;3-5,8,10-11H,2,6-7,9H2,1H3;1-3,6H,4-5,7H2,(H,15,17);3-4H,2H2,1H3,(H,6,7);3,5-6H,1-2H2. The van der Waals surface area contributed by atoms with E-state index >= 15 is 0 Å².